The first kappa shape index (κ1) is 18.5. The van der Waals surface area contributed by atoms with Crippen molar-refractivity contribution in [3.8, 4) is 0 Å². The van der Waals surface area contributed by atoms with E-state index in [1.165, 1.54) is 10.6 Å². The molecule has 8 nitrogen and oxygen atoms in total. The van der Waals surface area contributed by atoms with E-state index in [9.17, 15) is 14.4 Å². The van der Waals surface area contributed by atoms with Crippen molar-refractivity contribution in [1.82, 2.24) is 14.5 Å². The van der Waals surface area contributed by atoms with Gasteiger partial charge in [-0.15, -0.1) is 0 Å². The summed E-state index contributed by atoms with van der Waals surface area (Å²) in [6.45, 7) is 8.47. The highest BCUT2D eigenvalue weighted by molar-refractivity contribution is 7.17. The van der Waals surface area contributed by atoms with Gasteiger partial charge in [-0.1, -0.05) is 24.0 Å². The zero-order valence-electron chi connectivity index (χ0n) is 14.2. The van der Waals surface area contributed by atoms with Crippen LogP contribution in [0.5, 0.6) is 0 Å². The first-order chi connectivity index (χ1) is 11.8. The van der Waals surface area contributed by atoms with Gasteiger partial charge < -0.3 is 10.1 Å². The number of ether oxygens (including phenoxy) is 1. The number of thiazole rings is 1. The van der Waals surface area contributed by atoms with E-state index >= 15 is 0 Å². The molecule has 0 aliphatic rings. The van der Waals surface area contributed by atoms with E-state index in [1.807, 2.05) is 0 Å². The first-order valence-corrected chi connectivity index (χ1v) is 8.24. The second kappa shape index (κ2) is 7.84. The van der Waals surface area contributed by atoms with E-state index in [4.69, 9.17) is 4.74 Å². The molecule has 2 aromatic rings. The van der Waals surface area contributed by atoms with Crippen molar-refractivity contribution in [1.29, 1.82) is 0 Å². The number of esters is 1. The fourth-order valence-electron chi connectivity index (χ4n) is 2.11. The standard InChI is InChI=1S/C16H18N4O4S/c1-5-6-24-14(22)13-11(4)18-15(25-13)19-12(21)8-20-10(3)7-9(2)17-16(20)23/h5,7H,1,6,8H2,2-4H3,(H,18,19,21). The Kier molecular flexibility index (Phi) is 5.81. The van der Waals surface area contributed by atoms with Crippen LogP contribution in [0.2, 0.25) is 0 Å². The van der Waals surface area contributed by atoms with Crippen LogP contribution in [0.1, 0.15) is 26.8 Å². The lowest BCUT2D eigenvalue weighted by Gasteiger charge is -2.08. The van der Waals surface area contributed by atoms with Gasteiger partial charge in [-0.2, -0.15) is 4.98 Å². The van der Waals surface area contributed by atoms with Gasteiger partial charge >= 0.3 is 11.7 Å². The molecule has 2 rings (SSSR count). The van der Waals surface area contributed by atoms with Crippen LogP contribution in [0.15, 0.2) is 23.5 Å². The van der Waals surface area contributed by atoms with Crippen LogP contribution in [-0.4, -0.2) is 33.0 Å². The van der Waals surface area contributed by atoms with E-state index in [0.717, 1.165) is 11.3 Å². The highest BCUT2D eigenvalue weighted by atomic mass is 32.1. The monoisotopic (exact) mass is 362 g/mol. The molecule has 2 heterocycles. The summed E-state index contributed by atoms with van der Waals surface area (Å²) in [4.78, 5) is 44.2. The quantitative estimate of drug-likeness (QED) is 0.618. The van der Waals surface area contributed by atoms with Gasteiger partial charge in [0.2, 0.25) is 5.91 Å². The number of hydrogen-bond donors (Lipinski definition) is 1. The minimum Gasteiger partial charge on any atom is -0.457 e. The minimum atomic E-state index is -0.523. The third kappa shape index (κ3) is 4.60. The van der Waals surface area contributed by atoms with Gasteiger partial charge in [0, 0.05) is 11.4 Å². The Hall–Kier alpha value is -2.81. The molecule has 0 spiro atoms. The van der Waals surface area contributed by atoms with Gasteiger partial charge in [0.25, 0.3) is 0 Å². The van der Waals surface area contributed by atoms with Crippen LogP contribution in [0.4, 0.5) is 5.13 Å². The van der Waals surface area contributed by atoms with E-state index < -0.39 is 17.6 Å². The zero-order chi connectivity index (χ0) is 18.6. The lowest BCUT2D eigenvalue weighted by atomic mass is 10.3. The van der Waals surface area contributed by atoms with E-state index in [1.54, 1.807) is 26.8 Å². The predicted molar refractivity (Wildman–Crippen MR) is 93.9 cm³/mol. The number of aryl methyl sites for hydroxylation is 3. The van der Waals surface area contributed by atoms with Gasteiger partial charge in [-0.05, 0) is 26.8 Å². The topological polar surface area (TPSA) is 103 Å². The summed E-state index contributed by atoms with van der Waals surface area (Å²) in [6.07, 6.45) is 1.46. The van der Waals surface area contributed by atoms with Crippen molar-refractivity contribution >= 4 is 28.3 Å². The average molecular weight is 362 g/mol. The van der Waals surface area contributed by atoms with Crippen LogP contribution in [-0.2, 0) is 16.1 Å². The maximum Gasteiger partial charge on any atom is 0.350 e. The van der Waals surface area contributed by atoms with Gasteiger partial charge in [-0.3, -0.25) is 9.36 Å². The number of nitrogens with one attached hydrogen (secondary N) is 1. The highest BCUT2D eigenvalue weighted by Gasteiger charge is 2.18. The summed E-state index contributed by atoms with van der Waals surface area (Å²) in [5.41, 5.74) is 1.20. The third-order valence-corrected chi connectivity index (χ3v) is 4.26. The van der Waals surface area contributed by atoms with Crippen LogP contribution < -0.4 is 11.0 Å². The van der Waals surface area contributed by atoms with Gasteiger partial charge in [0.15, 0.2) is 5.13 Å². The normalized spacial score (nSPS) is 10.4. The van der Waals surface area contributed by atoms with Crippen LogP contribution in [0, 0.1) is 20.8 Å². The molecule has 9 heteroatoms. The van der Waals surface area contributed by atoms with Crippen molar-refractivity contribution in [2.24, 2.45) is 0 Å². The lowest BCUT2D eigenvalue weighted by Crippen LogP contribution is -2.31. The second-order valence-corrected chi connectivity index (χ2v) is 6.28. The summed E-state index contributed by atoms with van der Waals surface area (Å²) in [5, 5.41) is 2.85. The molecule has 0 saturated heterocycles. The summed E-state index contributed by atoms with van der Waals surface area (Å²) in [7, 11) is 0. The molecule has 0 radical (unpaired) electrons. The molecule has 0 aliphatic heterocycles. The fraction of sp³-hybridized carbons (Fsp3) is 0.312. The maximum absolute atomic E-state index is 12.2. The summed E-state index contributed by atoms with van der Waals surface area (Å²) >= 11 is 1.01. The van der Waals surface area contributed by atoms with E-state index in [0.29, 0.717) is 22.0 Å². The smallest absolute Gasteiger partial charge is 0.350 e. The Morgan fingerprint density at radius 1 is 1.36 bits per heavy atom. The number of carbonyl (C=O) groups excluding carboxylic acids is 2. The number of nitrogens with zero attached hydrogens (tertiary/aromatic N) is 3. The molecular formula is C16H18N4O4S. The summed E-state index contributed by atoms with van der Waals surface area (Å²) < 4.78 is 6.23. The molecule has 0 aromatic carbocycles. The molecule has 1 N–H and O–H groups in total. The SMILES string of the molecule is C=CCOC(=O)c1sc(NC(=O)Cn2c(C)cc(C)nc2=O)nc1C. The van der Waals surface area contributed by atoms with Crippen molar-refractivity contribution in [2.75, 3.05) is 11.9 Å². The van der Waals surface area contributed by atoms with Crippen molar-refractivity contribution in [3.05, 3.63) is 51.2 Å². The zero-order valence-corrected chi connectivity index (χ0v) is 15.0. The Labute approximate surface area is 148 Å². The molecule has 2 aromatic heterocycles. The number of hydrogen-bond acceptors (Lipinski definition) is 7. The first-order valence-electron chi connectivity index (χ1n) is 7.42. The fourth-order valence-corrected chi connectivity index (χ4v) is 2.99. The van der Waals surface area contributed by atoms with Gasteiger partial charge in [-0.25, -0.2) is 14.6 Å². The Balaban J connectivity index is 2.10. The molecule has 0 bridgehead atoms. The molecule has 132 valence electrons. The number of amides is 1. The highest BCUT2D eigenvalue weighted by Crippen LogP contribution is 2.23. The second-order valence-electron chi connectivity index (χ2n) is 5.28. The third-order valence-electron chi connectivity index (χ3n) is 3.21. The molecule has 1 amide bonds. The number of anilines is 1. The minimum absolute atomic E-state index is 0.0977. The molecule has 25 heavy (non-hydrogen) atoms. The van der Waals surface area contributed by atoms with Gasteiger partial charge in [0.05, 0.1) is 5.69 Å². The van der Waals surface area contributed by atoms with Crippen molar-refractivity contribution < 1.29 is 14.3 Å². The molecule has 0 aliphatic carbocycles. The number of rotatable bonds is 6. The van der Waals surface area contributed by atoms with Crippen LogP contribution >= 0.6 is 11.3 Å². The molecule has 0 saturated carbocycles. The number of carbonyl (C=O) groups is 2. The Morgan fingerprint density at radius 3 is 2.72 bits per heavy atom. The van der Waals surface area contributed by atoms with Crippen molar-refractivity contribution in [2.45, 2.75) is 27.3 Å². The Morgan fingerprint density at radius 2 is 2.08 bits per heavy atom. The molecule has 0 fully saturated rings. The Bertz CT molecular complexity index is 885. The van der Waals surface area contributed by atoms with Crippen LogP contribution in [0.25, 0.3) is 0 Å². The number of aromatic nitrogens is 3. The van der Waals surface area contributed by atoms with Crippen LogP contribution in [0.3, 0.4) is 0 Å². The molecular weight excluding hydrogens is 344 g/mol. The summed E-state index contributed by atoms with van der Waals surface area (Å²) in [5.74, 6) is -0.958. The average Bonchev–Trinajstić information content (AvgIpc) is 2.89. The summed E-state index contributed by atoms with van der Waals surface area (Å²) in [6, 6.07) is 1.72. The van der Waals surface area contributed by atoms with Crippen molar-refractivity contribution in [3.63, 3.8) is 0 Å². The molecule has 0 atom stereocenters. The molecule has 0 unspecified atom stereocenters. The van der Waals surface area contributed by atoms with E-state index in [2.05, 4.69) is 21.9 Å². The van der Waals surface area contributed by atoms with E-state index in [-0.39, 0.29) is 18.3 Å². The maximum atomic E-state index is 12.2. The predicted octanol–water partition coefficient (Wildman–Crippen LogP) is 1.61. The van der Waals surface area contributed by atoms with Gasteiger partial charge in [0.1, 0.15) is 18.0 Å². The lowest BCUT2D eigenvalue weighted by molar-refractivity contribution is -0.116. The largest absolute Gasteiger partial charge is 0.457 e.